The summed E-state index contributed by atoms with van der Waals surface area (Å²) in [6.45, 7) is 0.974. The number of benzene rings is 1. The van der Waals surface area contributed by atoms with E-state index in [2.05, 4.69) is 32.8 Å². The zero-order valence-electron chi connectivity index (χ0n) is 11.4. The Labute approximate surface area is 137 Å². The molecule has 0 fully saturated rings. The Morgan fingerprint density at radius 2 is 2.19 bits per heavy atom. The number of rotatable bonds is 5. The quantitative estimate of drug-likeness (QED) is 0.503. The molecule has 108 valence electrons. The number of hydrogen-bond acceptors (Lipinski definition) is 4. The number of aromatic nitrogens is 1. The van der Waals surface area contributed by atoms with Crippen LogP contribution in [0.2, 0.25) is 0 Å². The SMILES string of the molecule is NCC#Cc1cccc(OCCSc2ncccc2Br)c1. The zero-order valence-corrected chi connectivity index (χ0v) is 13.8. The average molecular weight is 363 g/mol. The molecule has 0 unspecified atom stereocenters. The number of pyridine rings is 1. The summed E-state index contributed by atoms with van der Waals surface area (Å²) in [6.07, 6.45) is 1.79. The van der Waals surface area contributed by atoms with Crippen molar-refractivity contribution in [2.24, 2.45) is 5.73 Å². The van der Waals surface area contributed by atoms with Gasteiger partial charge in [-0.25, -0.2) is 4.98 Å². The summed E-state index contributed by atoms with van der Waals surface area (Å²) < 4.78 is 6.73. The molecule has 0 aliphatic heterocycles. The van der Waals surface area contributed by atoms with Gasteiger partial charge >= 0.3 is 0 Å². The molecule has 0 atom stereocenters. The summed E-state index contributed by atoms with van der Waals surface area (Å²) in [5, 5.41) is 0.976. The molecule has 2 aromatic rings. The standard InChI is InChI=1S/C16H15BrN2OS/c17-15-7-3-9-19-16(15)21-11-10-20-14-6-1-4-13(12-14)5-2-8-18/h1,3-4,6-7,9,12H,8,10-11,18H2. The van der Waals surface area contributed by atoms with Gasteiger partial charge in [-0.15, -0.1) is 11.8 Å². The Hall–Kier alpha value is -1.48. The lowest BCUT2D eigenvalue weighted by atomic mass is 10.2. The van der Waals surface area contributed by atoms with Crippen molar-refractivity contribution in [2.75, 3.05) is 18.9 Å². The van der Waals surface area contributed by atoms with Gasteiger partial charge < -0.3 is 10.5 Å². The third kappa shape index (κ3) is 5.43. The Bertz CT molecular complexity index is 652. The van der Waals surface area contributed by atoms with E-state index in [0.29, 0.717) is 13.2 Å². The maximum absolute atomic E-state index is 5.73. The predicted molar refractivity (Wildman–Crippen MR) is 90.5 cm³/mol. The van der Waals surface area contributed by atoms with Crippen molar-refractivity contribution in [3.05, 3.63) is 52.6 Å². The van der Waals surface area contributed by atoms with Gasteiger partial charge in [0.05, 0.1) is 13.2 Å². The Kier molecular flexibility index (Phi) is 6.61. The van der Waals surface area contributed by atoms with Crippen molar-refractivity contribution < 1.29 is 4.74 Å². The van der Waals surface area contributed by atoms with Gasteiger partial charge in [-0.05, 0) is 46.3 Å². The Morgan fingerprint density at radius 3 is 3.00 bits per heavy atom. The minimum atomic E-state index is 0.362. The van der Waals surface area contributed by atoms with Crippen molar-refractivity contribution in [3.8, 4) is 17.6 Å². The molecule has 3 nitrogen and oxygen atoms in total. The van der Waals surface area contributed by atoms with E-state index in [1.807, 2.05) is 36.4 Å². The number of thioether (sulfide) groups is 1. The fourth-order valence-corrected chi connectivity index (χ4v) is 2.89. The maximum Gasteiger partial charge on any atom is 0.120 e. The summed E-state index contributed by atoms with van der Waals surface area (Å²) in [4.78, 5) is 4.30. The van der Waals surface area contributed by atoms with Crippen LogP contribution in [0.15, 0.2) is 52.1 Å². The summed E-state index contributed by atoms with van der Waals surface area (Å²) in [5.74, 6) is 7.47. The molecule has 2 rings (SSSR count). The number of ether oxygens (including phenoxy) is 1. The highest BCUT2D eigenvalue weighted by Gasteiger charge is 2.01. The topological polar surface area (TPSA) is 48.1 Å². The molecule has 5 heteroatoms. The number of nitrogens with zero attached hydrogens (tertiary/aromatic N) is 1. The van der Waals surface area contributed by atoms with Gasteiger partial charge in [0.2, 0.25) is 0 Å². The van der Waals surface area contributed by atoms with Crippen LogP contribution in [-0.4, -0.2) is 23.9 Å². The van der Waals surface area contributed by atoms with Crippen LogP contribution < -0.4 is 10.5 Å². The first kappa shape index (κ1) is 15.9. The van der Waals surface area contributed by atoms with Gasteiger partial charge in [0.1, 0.15) is 10.8 Å². The minimum Gasteiger partial charge on any atom is -0.493 e. The first-order valence-electron chi connectivity index (χ1n) is 6.44. The molecule has 0 radical (unpaired) electrons. The second-order valence-corrected chi connectivity index (χ2v) is 5.96. The summed E-state index contributed by atoms with van der Waals surface area (Å²) in [7, 11) is 0. The molecule has 0 saturated heterocycles. The van der Waals surface area contributed by atoms with E-state index < -0.39 is 0 Å². The van der Waals surface area contributed by atoms with Crippen LogP contribution in [0.5, 0.6) is 5.75 Å². The van der Waals surface area contributed by atoms with Gasteiger partial charge in [-0.2, -0.15) is 0 Å². The van der Waals surface area contributed by atoms with Gasteiger partial charge in [-0.1, -0.05) is 17.9 Å². The van der Waals surface area contributed by atoms with Crippen molar-refractivity contribution in [2.45, 2.75) is 5.03 Å². The number of hydrogen-bond donors (Lipinski definition) is 1. The molecule has 0 bridgehead atoms. The van der Waals surface area contributed by atoms with E-state index in [4.69, 9.17) is 10.5 Å². The smallest absolute Gasteiger partial charge is 0.120 e. The van der Waals surface area contributed by atoms with E-state index in [0.717, 1.165) is 26.6 Å². The molecule has 1 heterocycles. The van der Waals surface area contributed by atoms with Crippen molar-refractivity contribution >= 4 is 27.7 Å². The van der Waals surface area contributed by atoms with Crippen LogP contribution >= 0.6 is 27.7 Å². The van der Waals surface area contributed by atoms with Crippen LogP contribution in [0.1, 0.15) is 5.56 Å². The molecular weight excluding hydrogens is 348 g/mol. The van der Waals surface area contributed by atoms with Crippen molar-refractivity contribution in [1.82, 2.24) is 4.98 Å². The summed E-state index contributed by atoms with van der Waals surface area (Å²) in [6, 6.07) is 11.6. The predicted octanol–water partition coefficient (Wildman–Crippen LogP) is 3.33. The third-order valence-corrected chi connectivity index (χ3v) is 4.36. The highest BCUT2D eigenvalue weighted by Crippen LogP contribution is 2.24. The van der Waals surface area contributed by atoms with E-state index in [1.165, 1.54) is 0 Å². The molecule has 0 amide bonds. The molecule has 0 spiro atoms. The second-order valence-electron chi connectivity index (χ2n) is 4.02. The van der Waals surface area contributed by atoms with Crippen molar-refractivity contribution in [1.29, 1.82) is 0 Å². The number of nitrogens with two attached hydrogens (primary N) is 1. The highest BCUT2D eigenvalue weighted by atomic mass is 79.9. The van der Waals surface area contributed by atoms with Crippen LogP contribution in [0.25, 0.3) is 0 Å². The average Bonchev–Trinajstić information content (AvgIpc) is 2.51. The Morgan fingerprint density at radius 1 is 1.29 bits per heavy atom. The lowest BCUT2D eigenvalue weighted by Crippen LogP contribution is -2.00. The monoisotopic (exact) mass is 362 g/mol. The molecule has 21 heavy (non-hydrogen) atoms. The first-order chi connectivity index (χ1) is 10.3. The molecule has 0 saturated carbocycles. The summed E-state index contributed by atoms with van der Waals surface area (Å²) >= 11 is 5.13. The van der Waals surface area contributed by atoms with Crippen LogP contribution in [-0.2, 0) is 0 Å². The normalized spacial score (nSPS) is 9.81. The fraction of sp³-hybridized carbons (Fsp3) is 0.188. The summed E-state index contributed by atoms with van der Waals surface area (Å²) in [5.41, 5.74) is 6.28. The molecular formula is C16H15BrN2OS. The first-order valence-corrected chi connectivity index (χ1v) is 8.22. The van der Waals surface area contributed by atoms with Gasteiger partial charge in [0, 0.05) is 22.0 Å². The maximum atomic E-state index is 5.73. The van der Waals surface area contributed by atoms with E-state index in [1.54, 1.807) is 18.0 Å². The minimum absolute atomic E-state index is 0.362. The molecule has 0 aliphatic rings. The van der Waals surface area contributed by atoms with Crippen LogP contribution in [0.3, 0.4) is 0 Å². The van der Waals surface area contributed by atoms with Crippen molar-refractivity contribution in [3.63, 3.8) is 0 Å². The third-order valence-electron chi connectivity index (χ3n) is 2.48. The molecule has 1 aromatic carbocycles. The second kappa shape index (κ2) is 8.73. The largest absolute Gasteiger partial charge is 0.493 e. The highest BCUT2D eigenvalue weighted by molar-refractivity contribution is 9.10. The Balaban J connectivity index is 1.82. The van der Waals surface area contributed by atoms with E-state index in [9.17, 15) is 0 Å². The lowest BCUT2D eigenvalue weighted by Gasteiger charge is -2.06. The van der Waals surface area contributed by atoms with Gasteiger partial charge in [0.25, 0.3) is 0 Å². The van der Waals surface area contributed by atoms with E-state index in [-0.39, 0.29) is 0 Å². The molecule has 0 aliphatic carbocycles. The lowest BCUT2D eigenvalue weighted by molar-refractivity contribution is 0.344. The molecule has 2 N–H and O–H groups in total. The fourth-order valence-electron chi connectivity index (χ4n) is 1.59. The van der Waals surface area contributed by atoms with Gasteiger partial charge in [-0.3, -0.25) is 0 Å². The number of halogens is 1. The zero-order chi connectivity index (χ0) is 14.9. The molecule has 1 aromatic heterocycles. The van der Waals surface area contributed by atoms with Crippen LogP contribution in [0, 0.1) is 11.8 Å². The van der Waals surface area contributed by atoms with E-state index >= 15 is 0 Å². The van der Waals surface area contributed by atoms with Gasteiger partial charge in [0.15, 0.2) is 0 Å². The van der Waals surface area contributed by atoms with Crippen LogP contribution in [0.4, 0.5) is 0 Å².